The number of piperidine rings is 1. The van der Waals surface area contributed by atoms with Crippen LogP contribution in [0.4, 0.5) is 0 Å². The van der Waals surface area contributed by atoms with Gasteiger partial charge in [-0.05, 0) is 68.4 Å². The van der Waals surface area contributed by atoms with Gasteiger partial charge in [0.1, 0.15) is 5.00 Å². The molecule has 7 heteroatoms. The SMILES string of the molecule is O=C(NC1CCN(C(=O)c2ccco2)CC1)c1c(-n2cccc2)sc2c1CCCC2. The molecule has 1 fully saturated rings. The van der Waals surface area contributed by atoms with Gasteiger partial charge in [-0.3, -0.25) is 9.59 Å². The molecule has 156 valence electrons. The summed E-state index contributed by atoms with van der Waals surface area (Å²) in [6.45, 7) is 1.24. The highest BCUT2D eigenvalue weighted by Gasteiger charge is 2.30. The summed E-state index contributed by atoms with van der Waals surface area (Å²) in [5.41, 5.74) is 2.08. The van der Waals surface area contributed by atoms with E-state index in [1.54, 1.807) is 28.4 Å². The Kier molecular flexibility index (Phi) is 5.21. The van der Waals surface area contributed by atoms with Crippen LogP contribution >= 0.6 is 11.3 Å². The third kappa shape index (κ3) is 3.58. The zero-order chi connectivity index (χ0) is 20.5. The minimum atomic E-state index is -0.0772. The number of fused-ring (bicyclic) bond motifs is 1. The number of aryl methyl sites for hydroxylation is 1. The van der Waals surface area contributed by atoms with E-state index in [1.165, 1.54) is 23.1 Å². The summed E-state index contributed by atoms with van der Waals surface area (Å²) in [5, 5.41) is 4.28. The van der Waals surface area contributed by atoms with Crippen molar-refractivity contribution in [1.82, 2.24) is 14.8 Å². The lowest BCUT2D eigenvalue weighted by atomic mass is 9.94. The van der Waals surface area contributed by atoms with Crippen LogP contribution in [0.15, 0.2) is 47.3 Å². The largest absolute Gasteiger partial charge is 0.459 e. The predicted octanol–water partition coefficient (Wildman–Crippen LogP) is 4.05. The monoisotopic (exact) mass is 423 g/mol. The summed E-state index contributed by atoms with van der Waals surface area (Å²) in [6.07, 6.45) is 11.4. The van der Waals surface area contributed by atoms with E-state index in [0.717, 1.165) is 42.7 Å². The Hall–Kier alpha value is -2.80. The first-order chi connectivity index (χ1) is 14.7. The topological polar surface area (TPSA) is 67.5 Å². The van der Waals surface area contributed by atoms with E-state index in [4.69, 9.17) is 4.42 Å². The first kappa shape index (κ1) is 19.2. The van der Waals surface area contributed by atoms with E-state index < -0.39 is 0 Å². The number of furan rings is 1. The van der Waals surface area contributed by atoms with Crippen molar-refractivity contribution in [2.75, 3.05) is 13.1 Å². The Bertz CT molecular complexity index is 1030. The molecule has 1 N–H and O–H groups in total. The van der Waals surface area contributed by atoms with E-state index in [-0.39, 0.29) is 17.9 Å². The van der Waals surface area contributed by atoms with Gasteiger partial charge in [0.25, 0.3) is 11.8 Å². The summed E-state index contributed by atoms with van der Waals surface area (Å²) in [7, 11) is 0. The molecule has 1 aliphatic carbocycles. The maximum Gasteiger partial charge on any atom is 0.289 e. The maximum atomic E-state index is 13.4. The van der Waals surface area contributed by atoms with E-state index >= 15 is 0 Å². The molecule has 2 amide bonds. The van der Waals surface area contributed by atoms with Crippen molar-refractivity contribution in [2.24, 2.45) is 0 Å². The van der Waals surface area contributed by atoms with Gasteiger partial charge < -0.3 is 19.2 Å². The molecule has 4 heterocycles. The van der Waals surface area contributed by atoms with Crippen LogP contribution in [0.2, 0.25) is 0 Å². The number of nitrogens with zero attached hydrogens (tertiary/aromatic N) is 2. The number of rotatable bonds is 4. The molecule has 3 aromatic rings. The lowest BCUT2D eigenvalue weighted by molar-refractivity contribution is 0.0667. The van der Waals surface area contributed by atoms with Crippen molar-refractivity contribution >= 4 is 23.2 Å². The molecule has 0 saturated carbocycles. The average Bonchev–Trinajstić information content (AvgIpc) is 3.54. The molecule has 0 radical (unpaired) electrons. The number of amides is 2. The second-order valence-corrected chi connectivity index (χ2v) is 9.08. The van der Waals surface area contributed by atoms with E-state index in [9.17, 15) is 9.59 Å². The van der Waals surface area contributed by atoms with Gasteiger partial charge in [0.05, 0.1) is 11.8 Å². The molecular formula is C23H25N3O3S. The molecule has 1 saturated heterocycles. The number of likely N-dealkylation sites (tertiary alicyclic amines) is 1. The quantitative estimate of drug-likeness (QED) is 0.689. The zero-order valence-corrected chi connectivity index (χ0v) is 17.6. The van der Waals surface area contributed by atoms with Crippen molar-refractivity contribution in [3.05, 3.63) is 64.7 Å². The van der Waals surface area contributed by atoms with Crippen LogP contribution < -0.4 is 5.32 Å². The van der Waals surface area contributed by atoms with Crippen molar-refractivity contribution < 1.29 is 14.0 Å². The second kappa shape index (κ2) is 8.14. The third-order valence-corrected chi connectivity index (χ3v) is 7.37. The first-order valence-corrected chi connectivity index (χ1v) is 11.4. The molecule has 0 bridgehead atoms. The average molecular weight is 424 g/mol. The minimum absolute atomic E-state index is 0.0221. The Balaban J connectivity index is 1.30. The molecule has 6 nitrogen and oxygen atoms in total. The van der Waals surface area contributed by atoms with Crippen LogP contribution in [0.5, 0.6) is 0 Å². The third-order valence-electron chi connectivity index (χ3n) is 6.07. The highest BCUT2D eigenvalue weighted by atomic mass is 32.1. The molecule has 1 aliphatic heterocycles. The van der Waals surface area contributed by atoms with Gasteiger partial charge in [0, 0.05) is 36.4 Å². The molecule has 0 spiro atoms. The van der Waals surface area contributed by atoms with Gasteiger partial charge in [-0.15, -0.1) is 11.3 Å². The molecular weight excluding hydrogens is 398 g/mol. The molecule has 0 atom stereocenters. The van der Waals surface area contributed by atoms with Crippen molar-refractivity contribution in [3.8, 4) is 5.00 Å². The molecule has 5 rings (SSSR count). The van der Waals surface area contributed by atoms with Crippen LogP contribution in [0.3, 0.4) is 0 Å². The van der Waals surface area contributed by atoms with Crippen molar-refractivity contribution in [2.45, 2.75) is 44.6 Å². The fourth-order valence-electron chi connectivity index (χ4n) is 4.48. The van der Waals surface area contributed by atoms with E-state index in [0.29, 0.717) is 18.8 Å². The highest BCUT2D eigenvalue weighted by Crippen LogP contribution is 2.37. The van der Waals surface area contributed by atoms with Gasteiger partial charge in [-0.2, -0.15) is 0 Å². The van der Waals surface area contributed by atoms with Gasteiger partial charge in [0.15, 0.2) is 5.76 Å². The Morgan fingerprint density at radius 3 is 2.57 bits per heavy atom. The van der Waals surface area contributed by atoms with Crippen molar-refractivity contribution in [1.29, 1.82) is 0 Å². The first-order valence-electron chi connectivity index (χ1n) is 10.6. The molecule has 2 aliphatic rings. The number of hydrogen-bond acceptors (Lipinski definition) is 4. The smallest absolute Gasteiger partial charge is 0.289 e. The van der Waals surface area contributed by atoms with Crippen LogP contribution in [-0.2, 0) is 12.8 Å². The summed E-state index contributed by atoms with van der Waals surface area (Å²) in [4.78, 5) is 29.0. The number of hydrogen-bond donors (Lipinski definition) is 1. The zero-order valence-electron chi connectivity index (χ0n) is 16.8. The Morgan fingerprint density at radius 1 is 1.07 bits per heavy atom. The number of aromatic nitrogens is 1. The van der Waals surface area contributed by atoms with Crippen LogP contribution in [-0.4, -0.2) is 40.4 Å². The Labute approximate surface area is 179 Å². The maximum absolute atomic E-state index is 13.4. The lowest BCUT2D eigenvalue weighted by Crippen LogP contribution is -2.46. The number of carbonyl (C=O) groups excluding carboxylic acids is 2. The fourth-order valence-corrected chi connectivity index (χ4v) is 5.83. The summed E-state index contributed by atoms with van der Waals surface area (Å²) in [6, 6.07) is 7.48. The minimum Gasteiger partial charge on any atom is -0.459 e. The second-order valence-electron chi connectivity index (χ2n) is 8.00. The van der Waals surface area contributed by atoms with Crippen LogP contribution in [0, 0.1) is 0 Å². The Morgan fingerprint density at radius 2 is 1.83 bits per heavy atom. The van der Waals surface area contributed by atoms with Gasteiger partial charge in [0.2, 0.25) is 0 Å². The molecule has 0 aromatic carbocycles. The molecule has 30 heavy (non-hydrogen) atoms. The molecule has 3 aromatic heterocycles. The number of nitrogens with one attached hydrogen (secondary N) is 1. The van der Waals surface area contributed by atoms with Crippen LogP contribution in [0.25, 0.3) is 5.00 Å². The van der Waals surface area contributed by atoms with Gasteiger partial charge >= 0.3 is 0 Å². The fraction of sp³-hybridized carbons (Fsp3) is 0.391. The predicted molar refractivity (Wildman–Crippen MR) is 115 cm³/mol. The normalized spacial score (nSPS) is 17.0. The van der Waals surface area contributed by atoms with Gasteiger partial charge in [-0.25, -0.2) is 0 Å². The number of carbonyl (C=O) groups is 2. The van der Waals surface area contributed by atoms with Crippen LogP contribution in [0.1, 0.15) is 57.0 Å². The van der Waals surface area contributed by atoms with E-state index in [1.807, 2.05) is 24.5 Å². The molecule has 0 unspecified atom stereocenters. The lowest BCUT2D eigenvalue weighted by Gasteiger charge is -2.32. The summed E-state index contributed by atoms with van der Waals surface area (Å²) in [5.74, 6) is 0.319. The summed E-state index contributed by atoms with van der Waals surface area (Å²) < 4.78 is 7.29. The number of thiophene rings is 1. The standard InChI is InChI=1S/C23H25N3O3S/c27-21(24-16-9-13-25(14-10-16)22(28)18-7-5-15-29-18)20-17-6-1-2-8-19(17)30-23(20)26-11-3-4-12-26/h3-5,7,11-12,15-16H,1-2,6,8-10,13-14H2,(H,24,27). The van der Waals surface area contributed by atoms with Crippen molar-refractivity contribution in [3.63, 3.8) is 0 Å². The summed E-state index contributed by atoms with van der Waals surface area (Å²) >= 11 is 1.75. The van der Waals surface area contributed by atoms with Gasteiger partial charge in [-0.1, -0.05) is 0 Å². The highest BCUT2D eigenvalue weighted by molar-refractivity contribution is 7.15. The van der Waals surface area contributed by atoms with E-state index in [2.05, 4.69) is 9.88 Å².